The third kappa shape index (κ3) is 37.0. The number of nitrogens with two attached hydrogens (primary N) is 1. The van der Waals surface area contributed by atoms with Gasteiger partial charge in [-0.1, -0.05) is 0 Å². The summed E-state index contributed by atoms with van der Waals surface area (Å²) >= 11 is 0. The molecular weight excluding hydrogens is 522 g/mol. The van der Waals surface area contributed by atoms with Crippen molar-refractivity contribution < 1.29 is 62.0 Å². The molecule has 0 aromatic heterocycles. The standard InChI is InChI=1S/C25H51NO13/c26-2-4-30-6-8-32-10-12-34-14-16-36-18-20-38-22-24-39-23-21-37-19-17-35-15-13-33-11-9-31-7-5-29-3-1-25(27)28/h1-24,26H2,(H,27,28). The summed E-state index contributed by atoms with van der Waals surface area (Å²) in [7, 11) is 0. The topological polar surface area (TPSA) is 165 Å². The van der Waals surface area contributed by atoms with Crippen molar-refractivity contribution in [2.45, 2.75) is 6.42 Å². The number of carboxylic acids is 1. The number of aliphatic carboxylic acids is 1. The Balaban J connectivity index is 3.02. The quantitative estimate of drug-likeness (QED) is 0.0941. The number of ether oxygens (including phenoxy) is 11. The molecule has 39 heavy (non-hydrogen) atoms. The van der Waals surface area contributed by atoms with Crippen LogP contribution >= 0.6 is 0 Å². The summed E-state index contributed by atoms with van der Waals surface area (Å²) in [5.41, 5.74) is 5.32. The minimum Gasteiger partial charge on any atom is -0.481 e. The minimum atomic E-state index is -0.873. The van der Waals surface area contributed by atoms with Crippen molar-refractivity contribution in [3.63, 3.8) is 0 Å². The van der Waals surface area contributed by atoms with Crippen LogP contribution in [0.1, 0.15) is 6.42 Å². The molecule has 14 nitrogen and oxygen atoms in total. The molecule has 0 unspecified atom stereocenters. The predicted octanol–water partition coefficient (Wildman–Crippen LogP) is -0.398. The molecule has 3 N–H and O–H groups in total. The molecular formula is C25H51NO13. The molecule has 0 bridgehead atoms. The van der Waals surface area contributed by atoms with Crippen molar-refractivity contribution in [3.05, 3.63) is 0 Å². The van der Waals surface area contributed by atoms with Gasteiger partial charge in [0.25, 0.3) is 0 Å². The zero-order valence-electron chi connectivity index (χ0n) is 23.4. The van der Waals surface area contributed by atoms with Crippen LogP contribution in [0.4, 0.5) is 0 Å². The first-order chi connectivity index (χ1) is 19.3. The first-order valence-corrected chi connectivity index (χ1v) is 13.5. The molecule has 0 aromatic carbocycles. The van der Waals surface area contributed by atoms with Crippen molar-refractivity contribution in [2.24, 2.45) is 5.73 Å². The summed E-state index contributed by atoms with van der Waals surface area (Å²) in [4.78, 5) is 10.3. The van der Waals surface area contributed by atoms with E-state index in [0.29, 0.717) is 145 Å². The van der Waals surface area contributed by atoms with E-state index in [9.17, 15) is 4.79 Å². The van der Waals surface area contributed by atoms with E-state index < -0.39 is 5.97 Å². The normalized spacial score (nSPS) is 11.4. The Kier molecular flexibility index (Phi) is 34.1. The van der Waals surface area contributed by atoms with Crippen LogP contribution in [0, 0.1) is 0 Å². The maximum atomic E-state index is 10.3. The van der Waals surface area contributed by atoms with E-state index in [0.717, 1.165) is 0 Å². The second-order valence-corrected chi connectivity index (χ2v) is 7.67. The Labute approximate surface area is 232 Å². The maximum Gasteiger partial charge on any atom is 0.305 e. The summed E-state index contributed by atoms with van der Waals surface area (Å²) < 4.78 is 58.9. The lowest BCUT2D eigenvalue weighted by Crippen LogP contribution is -2.15. The van der Waals surface area contributed by atoms with E-state index in [-0.39, 0.29) is 13.0 Å². The molecule has 0 aliphatic rings. The van der Waals surface area contributed by atoms with Gasteiger partial charge < -0.3 is 62.9 Å². The molecule has 234 valence electrons. The van der Waals surface area contributed by atoms with Crippen molar-refractivity contribution in [2.75, 3.05) is 152 Å². The molecule has 0 saturated heterocycles. The Morgan fingerprint density at radius 3 is 0.718 bits per heavy atom. The molecule has 0 rings (SSSR count). The summed E-state index contributed by atoms with van der Waals surface area (Å²) in [5.74, 6) is -0.873. The van der Waals surface area contributed by atoms with E-state index in [1.165, 1.54) is 0 Å². The van der Waals surface area contributed by atoms with Gasteiger partial charge in [0.2, 0.25) is 0 Å². The zero-order valence-corrected chi connectivity index (χ0v) is 23.4. The summed E-state index contributed by atoms with van der Waals surface area (Å²) in [6.45, 7) is 11.1. The van der Waals surface area contributed by atoms with Crippen LogP contribution in [0.3, 0.4) is 0 Å². The highest BCUT2D eigenvalue weighted by Gasteiger charge is 1.97. The largest absolute Gasteiger partial charge is 0.481 e. The average Bonchev–Trinajstić information content (AvgIpc) is 2.93. The fourth-order valence-corrected chi connectivity index (χ4v) is 2.54. The van der Waals surface area contributed by atoms with Crippen LogP contribution in [-0.4, -0.2) is 163 Å². The van der Waals surface area contributed by atoms with Crippen LogP contribution < -0.4 is 5.73 Å². The van der Waals surface area contributed by atoms with E-state index in [2.05, 4.69) is 0 Å². The molecule has 0 amide bonds. The average molecular weight is 574 g/mol. The lowest BCUT2D eigenvalue weighted by Gasteiger charge is -2.09. The maximum absolute atomic E-state index is 10.3. The van der Waals surface area contributed by atoms with E-state index >= 15 is 0 Å². The monoisotopic (exact) mass is 573 g/mol. The van der Waals surface area contributed by atoms with Crippen molar-refractivity contribution in [1.82, 2.24) is 0 Å². The van der Waals surface area contributed by atoms with E-state index in [1.54, 1.807) is 0 Å². The SMILES string of the molecule is NCCOCCOCCOCCOCCOCCOCCOCCOCCOCCOCCOCCC(=O)O. The van der Waals surface area contributed by atoms with Crippen molar-refractivity contribution in [3.8, 4) is 0 Å². The van der Waals surface area contributed by atoms with Crippen LogP contribution in [-0.2, 0) is 56.9 Å². The molecule has 14 heteroatoms. The number of rotatable bonds is 35. The molecule has 0 fully saturated rings. The molecule has 0 heterocycles. The number of carboxylic acid groups (broad SMARTS) is 1. The highest BCUT2D eigenvalue weighted by Crippen LogP contribution is 1.87. The Hall–Kier alpha value is -1.01. The molecule has 0 aliphatic carbocycles. The molecule has 0 atom stereocenters. The number of hydrogen-bond donors (Lipinski definition) is 2. The molecule has 0 saturated carbocycles. The first kappa shape index (κ1) is 38.0. The molecule has 0 aliphatic heterocycles. The number of carbonyl (C=O) groups is 1. The van der Waals surface area contributed by atoms with Gasteiger partial charge in [0.1, 0.15) is 0 Å². The number of hydrogen-bond acceptors (Lipinski definition) is 13. The molecule has 0 radical (unpaired) electrons. The van der Waals surface area contributed by atoms with Gasteiger partial charge in [-0.15, -0.1) is 0 Å². The van der Waals surface area contributed by atoms with E-state index in [4.69, 9.17) is 62.9 Å². The Morgan fingerprint density at radius 1 is 0.359 bits per heavy atom. The van der Waals surface area contributed by atoms with Crippen LogP contribution in [0.15, 0.2) is 0 Å². The summed E-state index contributed by atoms with van der Waals surface area (Å²) in [6, 6.07) is 0. The van der Waals surface area contributed by atoms with Gasteiger partial charge in [-0.25, -0.2) is 0 Å². The lowest BCUT2D eigenvalue weighted by molar-refractivity contribution is -0.138. The fraction of sp³-hybridized carbons (Fsp3) is 0.960. The highest BCUT2D eigenvalue weighted by atomic mass is 16.6. The smallest absolute Gasteiger partial charge is 0.305 e. The van der Waals surface area contributed by atoms with Gasteiger partial charge in [0.15, 0.2) is 0 Å². The summed E-state index contributed by atoms with van der Waals surface area (Å²) in [5, 5.41) is 8.47. The van der Waals surface area contributed by atoms with Gasteiger partial charge in [0, 0.05) is 6.54 Å². The van der Waals surface area contributed by atoms with Gasteiger partial charge in [-0.3, -0.25) is 4.79 Å². The third-order valence-electron chi connectivity index (χ3n) is 4.44. The Morgan fingerprint density at radius 2 is 0.538 bits per heavy atom. The third-order valence-corrected chi connectivity index (χ3v) is 4.44. The Bertz CT molecular complexity index is 477. The summed E-state index contributed by atoms with van der Waals surface area (Å²) in [6.07, 6.45) is -0.000936. The predicted molar refractivity (Wildman–Crippen MR) is 140 cm³/mol. The van der Waals surface area contributed by atoms with Gasteiger partial charge >= 0.3 is 5.97 Å². The lowest BCUT2D eigenvalue weighted by atomic mass is 10.5. The highest BCUT2D eigenvalue weighted by molar-refractivity contribution is 5.66. The van der Waals surface area contributed by atoms with Gasteiger partial charge in [-0.2, -0.15) is 0 Å². The van der Waals surface area contributed by atoms with Crippen molar-refractivity contribution in [1.29, 1.82) is 0 Å². The zero-order chi connectivity index (χ0) is 28.3. The van der Waals surface area contributed by atoms with Gasteiger partial charge in [-0.05, 0) is 0 Å². The van der Waals surface area contributed by atoms with Gasteiger partial charge in [0.05, 0.1) is 152 Å². The van der Waals surface area contributed by atoms with Crippen molar-refractivity contribution >= 4 is 5.97 Å². The van der Waals surface area contributed by atoms with Crippen LogP contribution in [0.5, 0.6) is 0 Å². The van der Waals surface area contributed by atoms with Crippen LogP contribution in [0.25, 0.3) is 0 Å². The second-order valence-electron chi connectivity index (χ2n) is 7.67. The molecule has 0 spiro atoms. The fourth-order valence-electron chi connectivity index (χ4n) is 2.54. The second kappa shape index (κ2) is 35.0. The van der Waals surface area contributed by atoms with Crippen LogP contribution in [0.2, 0.25) is 0 Å². The first-order valence-electron chi connectivity index (χ1n) is 13.5. The molecule has 0 aromatic rings. The minimum absolute atomic E-state index is 0.000936. The van der Waals surface area contributed by atoms with E-state index in [1.807, 2.05) is 0 Å².